The largest absolute Gasteiger partial charge is 0.480 e. The van der Waals surface area contributed by atoms with Crippen molar-refractivity contribution in [1.82, 2.24) is 0 Å². The zero-order valence-electron chi connectivity index (χ0n) is 6.40. The number of esters is 1. The third-order valence-corrected chi connectivity index (χ3v) is 1.14. The van der Waals surface area contributed by atoms with Gasteiger partial charge in [-0.1, -0.05) is 0 Å². The van der Waals surface area contributed by atoms with Crippen molar-refractivity contribution in [2.24, 2.45) is 5.73 Å². The van der Waals surface area contributed by atoms with Crippen LogP contribution in [-0.2, 0) is 14.3 Å². The normalized spacial score (nSPS) is 15.2. The summed E-state index contributed by atoms with van der Waals surface area (Å²) in [6, 6.07) is -1.15. The van der Waals surface area contributed by atoms with Crippen LogP contribution in [0.3, 0.4) is 0 Å². The Balaban J connectivity index is 3.92. The van der Waals surface area contributed by atoms with Crippen molar-refractivity contribution in [2.45, 2.75) is 26.0 Å². The summed E-state index contributed by atoms with van der Waals surface area (Å²) in [5.74, 6) is -1.71. The molecule has 0 aromatic carbocycles. The molecule has 0 amide bonds. The second kappa shape index (κ2) is 3.92. The standard InChI is InChI=1S/C6H11NO4/c1-3(11-4(2)8)5(7)6(9)10/h3,5H,7H2,1-2H3,(H,9,10)/t3-,5-/m1/s1. The maximum atomic E-state index is 10.3. The van der Waals surface area contributed by atoms with Crippen LogP contribution in [0.2, 0.25) is 0 Å². The Bertz CT molecular complexity index is 168. The summed E-state index contributed by atoms with van der Waals surface area (Å²) in [5.41, 5.74) is 5.13. The van der Waals surface area contributed by atoms with Crippen molar-refractivity contribution in [1.29, 1.82) is 0 Å². The molecule has 2 atom stereocenters. The molecule has 0 heterocycles. The van der Waals surface area contributed by atoms with E-state index in [4.69, 9.17) is 10.8 Å². The SMILES string of the molecule is CC(=O)O[C@H](C)[C@@H](N)C(=O)O. The average Bonchev–Trinajstić information content (AvgIpc) is 1.84. The zero-order valence-corrected chi connectivity index (χ0v) is 6.40. The fraction of sp³-hybridized carbons (Fsp3) is 0.667. The van der Waals surface area contributed by atoms with E-state index in [-0.39, 0.29) is 0 Å². The monoisotopic (exact) mass is 161 g/mol. The second-order valence-corrected chi connectivity index (χ2v) is 2.18. The lowest BCUT2D eigenvalue weighted by Crippen LogP contribution is -2.42. The predicted molar refractivity (Wildman–Crippen MR) is 36.8 cm³/mol. The number of carboxylic acids is 1. The maximum Gasteiger partial charge on any atom is 0.324 e. The molecular formula is C6H11NO4. The quantitative estimate of drug-likeness (QED) is 0.537. The van der Waals surface area contributed by atoms with Gasteiger partial charge in [0.2, 0.25) is 0 Å². The Hall–Kier alpha value is -1.10. The molecule has 0 radical (unpaired) electrons. The summed E-state index contributed by atoms with van der Waals surface area (Å²) in [5, 5.41) is 8.35. The molecule has 3 N–H and O–H groups in total. The number of hydrogen-bond donors (Lipinski definition) is 2. The minimum Gasteiger partial charge on any atom is -0.480 e. The van der Waals surface area contributed by atoms with Gasteiger partial charge >= 0.3 is 11.9 Å². The van der Waals surface area contributed by atoms with Crippen LogP contribution in [0.4, 0.5) is 0 Å². The third kappa shape index (κ3) is 3.57. The van der Waals surface area contributed by atoms with E-state index in [2.05, 4.69) is 4.74 Å². The highest BCUT2D eigenvalue weighted by atomic mass is 16.5. The Labute approximate surface area is 64.1 Å². The first-order valence-corrected chi connectivity index (χ1v) is 3.10. The molecule has 11 heavy (non-hydrogen) atoms. The molecule has 64 valence electrons. The molecule has 0 aliphatic rings. The van der Waals surface area contributed by atoms with Crippen molar-refractivity contribution < 1.29 is 19.4 Å². The average molecular weight is 161 g/mol. The topological polar surface area (TPSA) is 89.6 Å². The molecule has 0 aromatic heterocycles. The number of hydrogen-bond acceptors (Lipinski definition) is 4. The van der Waals surface area contributed by atoms with Crippen LogP contribution >= 0.6 is 0 Å². The van der Waals surface area contributed by atoms with Crippen LogP contribution in [0.25, 0.3) is 0 Å². The van der Waals surface area contributed by atoms with Gasteiger partial charge in [0.25, 0.3) is 0 Å². The number of aliphatic carboxylic acids is 1. The minimum atomic E-state index is -1.18. The van der Waals surface area contributed by atoms with Crippen molar-refractivity contribution >= 4 is 11.9 Å². The summed E-state index contributed by atoms with van der Waals surface area (Å²) in [6.45, 7) is 2.63. The molecule has 0 spiro atoms. The first kappa shape index (κ1) is 9.90. The maximum absolute atomic E-state index is 10.3. The van der Waals surface area contributed by atoms with Gasteiger partial charge in [0, 0.05) is 6.92 Å². The van der Waals surface area contributed by atoms with E-state index in [0.717, 1.165) is 0 Å². The van der Waals surface area contributed by atoms with Gasteiger partial charge in [0.05, 0.1) is 0 Å². The highest BCUT2D eigenvalue weighted by Crippen LogP contribution is 1.96. The summed E-state index contributed by atoms with van der Waals surface area (Å²) in [6.07, 6.45) is -0.787. The second-order valence-electron chi connectivity index (χ2n) is 2.18. The number of nitrogens with two attached hydrogens (primary N) is 1. The highest BCUT2D eigenvalue weighted by Gasteiger charge is 2.21. The zero-order chi connectivity index (χ0) is 9.02. The molecule has 0 fully saturated rings. The Morgan fingerprint density at radius 2 is 2.00 bits per heavy atom. The molecule has 0 saturated heterocycles. The van der Waals surface area contributed by atoms with Gasteiger partial charge in [-0.2, -0.15) is 0 Å². The van der Waals surface area contributed by atoms with E-state index in [1.54, 1.807) is 0 Å². The third-order valence-electron chi connectivity index (χ3n) is 1.14. The fourth-order valence-corrected chi connectivity index (χ4v) is 0.536. The minimum absolute atomic E-state index is 0.533. The number of carbonyl (C=O) groups excluding carboxylic acids is 1. The molecule has 0 unspecified atom stereocenters. The van der Waals surface area contributed by atoms with Gasteiger partial charge in [0.15, 0.2) is 0 Å². The van der Waals surface area contributed by atoms with Gasteiger partial charge in [-0.05, 0) is 6.92 Å². The summed E-state index contributed by atoms with van der Waals surface area (Å²) in [4.78, 5) is 20.5. The predicted octanol–water partition coefficient (Wildman–Crippen LogP) is -0.650. The molecule has 0 aromatic rings. The van der Waals surface area contributed by atoms with Gasteiger partial charge in [0.1, 0.15) is 12.1 Å². The van der Waals surface area contributed by atoms with Gasteiger partial charge < -0.3 is 15.6 Å². The molecule has 5 nitrogen and oxygen atoms in total. The van der Waals surface area contributed by atoms with E-state index in [1.807, 2.05) is 0 Å². The molecule has 0 aliphatic heterocycles. The number of carbonyl (C=O) groups is 2. The van der Waals surface area contributed by atoms with E-state index in [9.17, 15) is 9.59 Å². The molecule has 0 saturated carbocycles. The number of ether oxygens (including phenoxy) is 1. The summed E-state index contributed by atoms with van der Waals surface area (Å²) < 4.78 is 4.53. The van der Waals surface area contributed by atoms with Crippen LogP contribution in [-0.4, -0.2) is 29.2 Å². The molecule has 5 heteroatoms. The van der Waals surface area contributed by atoms with E-state index in [1.165, 1.54) is 13.8 Å². The Morgan fingerprint density at radius 3 is 2.27 bits per heavy atom. The fourth-order valence-electron chi connectivity index (χ4n) is 0.536. The molecule has 0 bridgehead atoms. The highest BCUT2D eigenvalue weighted by molar-refractivity contribution is 5.74. The van der Waals surface area contributed by atoms with Crippen molar-refractivity contribution in [3.8, 4) is 0 Å². The van der Waals surface area contributed by atoms with E-state index < -0.39 is 24.1 Å². The summed E-state index contributed by atoms with van der Waals surface area (Å²) >= 11 is 0. The smallest absolute Gasteiger partial charge is 0.324 e. The van der Waals surface area contributed by atoms with Crippen LogP contribution in [0.1, 0.15) is 13.8 Å². The van der Waals surface area contributed by atoms with Crippen LogP contribution in [0.5, 0.6) is 0 Å². The number of carboxylic acid groups (broad SMARTS) is 1. The molecule has 0 aliphatic carbocycles. The van der Waals surface area contributed by atoms with E-state index in [0.29, 0.717) is 0 Å². The van der Waals surface area contributed by atoms with Gasteiger partial charge in [-0.15, -0.1) is 0 Å². The Morgan fingerprint density at radius 1 is 1.55 bits per heavy atom. The lowest BCUT2D eigenvalue weighted by molar-refractivity contribution is -0.151. The first-order valence-electron chi connectivity index (χ1n) is 3.10. The number of rotatable bonds is 3. The van der Waals surface area contributed by atoms with Crippen LogP contribution in [0, 0.1) is 0 Å². The molecule has 0 rings (SSSR count). The van der Waals surface area contributed by atoms with Crippen LogP contribution < -0.4 is 5.73 Å². The first-order chi connectivity index (χ1) is 4.95. The van der Waals surface area contributed by atoms with Gasteiger partial charge in [-0.25, -0.2) is 0 Å². The summed E-state index contributed by atoms with van der Waals surface area (Å²) in [7, 11) is 0. The van der Waals surface area contributed by atoms with Crippen molar-refractivity contribution in [2.75, 3.05) is 0 Å². The molecular weight excluding hydrogens is 150 g/mol. The van der Waals surface area contributed by atoms with Crippen molar-refractivity contribution in [3.05, 3.63) is 0 Å². The lowest BCUT2D eigenvalue weighted by Gasteiger charge is -2.14. The van der Waals surface area contributed by atoms with Gasteiger partial charge in [-0.3, -0.25) is 9.59 Å². The van der Waals surface area contributed by atoms with E-state index >= 15 is 0 Å². The Kier molecular flexibility index (Phi) is 3.53. The van der Waals surface area contributed by atoms with Crippen LogP contribution in [0.15, 0.2) is 0 Å². The lowest BCUT2D eigenvalue weighted by atomic mass is 10.2. The van der Waals surface area contributed by atoms with Crippen molar-refractivity contribution in [3.63, 3.8) is 0 Å².